The molecule has 2 rings (SSSR count). The number of para-hydroxylation sites is 1. The molecule has 0 fully saturated rings. The van der Waals surface area contributed by atoms with Crippen LogP contribution >= 0.6 is 0 Å². The second-order valence-corrected chi connectivity index (χ2v) is 8.82. The summed E-state index contributed by atoms with van der Waals surface area (Å²) in [7, 11) is -3.66. The van der Waals surface area contributed by atoms with Crippen LogP contribution in [0.15, 0.2) is 47.4 Å². The molecule has 0 bridgehead atoms. The van der Waals surface area contributed by atoms with Crippen molar-refractivity contribution in [1.29, 1.82) is 0 Å². The molecule has 0 radical (unpaired) electrons. The number of sulfonamides is 1. The van der Waals surface area contributed by atoms with Gasteiger partial charge in [-0.2, -0.15) is 0 Å². The van der Waals surface area contributed by atoms with E-state index in [2.05, 4.69) is 23.9 Å². The lowest BCUT2D eigenvalue weighted by Gasteiger charge is -2.17. The molecule has 0 spiro atoms. The number of rotatable bonds is 7. The summed E-state index contributed by atoms with van der Waals surface area (Å²) in [6.45, 7) is 9.79. The fraction of sp³-hybridized carbons (Fsp3) is 0.381. The molecule has 6 heteroatoms. The van der Waals surface area contributed by atoms with E-state index in [-0.39, 0.29) is 22.8 Å². The molecule has 0 aliphatic carbocycles. The Labute approximate surface area is 162 Å². The molecule has 0 saturated carbocycles. The van der Waals surface area contributed by atoms with Gasteiger partial charge in [0.05, 0.1) is 4.90 Å². The van der Waals surface area contributed by atoms with Gasteiger partial charge in [-0.1, -0.05) is 45.0 Å². The molecule has 2 aromatic carbocycles. The van der Waals surface area contributed by atoms with Crippen LogP contribution in [0.25, 0.3) is 0 Å². The highest BCUT2D eigenvalue weighted by molar-refractivity contribution is 7.89. The Bertz CT molecular complexity index is 921. The Morgan fingerprint density at radius 2 is 1.74 bits per heavy atom. The van der Waals surface area contributed by atoms with Crippen LogP contribution in [0.1, 0.15) is 61.5 Å². The van der Waals surface area contributed by atoms with Gasteiger partial charge < -0.3 is 5.32 Å². The van der Waals surface area contributed by atoms with Crippen molar-refractivity contribution in [2.24, 2.45) is 0 Å². The van der Waals surface area contributed by atoms with Gasteiger partial charge in [0.15, 0.2) is 0 Å². The molecule has 0 aliphatic rings. The summed E-state index contributed by atoms with van der Waals surface area (Å²) in [5.41, 5.74) is 3.10. The monoisotopic (exact) mass is 388 g/mol. The van der Waals surface area contributed by atoms with Crippen LogP contribution in [0.2, 0.25) is 0 Å². The molecular formula is C21H28N2O3S. The standard InChI is InChI=1S/C21H28N2O3S/c1-6-16(5)23-27(25,26)18-11-8-10-17(13-18)21(24)22-20-15(4)9-7-12-19(20)14(2)3/h7-14,16,23H,6H2,1-5H3,(H,22,24). The lowest BCUT2D eigenvalue weighted by Crippen LogP contribution is -2.32. The van der Waals surface area contributed by atoms with E-state index in [4.69, 9.17) is 0 Å². The third-order valence-corrected chi connectivity index (χ3v) is 6.13. The van der Waals surface area contributed by atoms with Gasteiger partial charge in [-0.15, -0.1) is 0 Å². The molecular weight excluding hydrogens is 360 g/mol. The van der Waals surface area contributed by atoms with Crippen molar-refractivity contribution >= 4 is 21.6 Å². The summed E-state index contributed by atoms with van der Waals surface area (Å²) < 4.78 is 27.6. The molecule has 0 aromatic heterocycles. The van der Waals surface area contributed by atoms with Crippen LogP contribution < -0.4 is 10.0 Å². The Hall–Kier alpha value is -2.18. The molecule has 146 valence electrons. The summed E-state index contributed by atoms with van der Waals surface area (Å²) in [6, 6.07) is 11.8. The predicted molar refractivity (Wildman–Crippen MR) is 110 cm³/mol. The quantitative estimate of drug-likeness (QED) is 0.736. The fourth-order valence-corrected chi connectivity index (χ4v) is 4.12. The third kappa shape index (κ3) is 5.17. The van der Waals surface area contributed by atoms with Gasteiger partial charge in [0.2, 0.25) is 10.0 Å². The van der Waals surface area contributed by atoms with Crippen molar-refractivity contribution in [3.63, 3.8) is 0 Å². The summed E-state index contributed by atoms with van der Waals surface area (Å²) >= 11 is 0. The smallest absolute Gasteiger partial charge is 0.255 e. The SMILES string of the molecule is CCC(C)NS(=O)(=O)c1cccc(C(=O)Nc2c(C)cccc2C(C)C)c1. The second-order valence-electron chi connectivity index (χ2n) is 7.11. The first kappa shape index (κ1) is 21.1. The van der Waals surface area contributed by atoms with Crippen LogP contribution in [0.4, 0.5) is 5.69 Å². The van der Waals surface area contributed by atoms with E-state index in [1.54, 1.807) is 19.1 Å². The lowest BCUT2D eigenvalue weighted by molar-refractivity contribution is 0.102. The first-order valence-corrected chi connectivity index (χ1v) is 10.7. The Kier molecular flexibility index (Phi) is 6.78. The van der Waals surface area contributed by atoms with Gasteiger partial charge >= 0.3 is 0 Å². The maximum absolute atomic E-state index is 12.8. The van der Waals surface area contributed by atoms with Crippen LogP contribution in [0.5, 0.6) is 0 Å². The molecule has 2 N–H and O–H groups in total. The summed E-state index contributed by atoms with van der Waals surface area (Å²) in [6.07, 6.45) is 0.685. The zero-order valence-corrected chi connectivity index (χ0v) is 17.4. The minimum Gasteiger partial charge on any atom is -0.321 e. The number of nitrogens with one attached hydrogen (secondary N) is 2. The topological polar surface area (TPSA) is 75.3 Å². The van der Waals surface area contributed by atoms with E-state index < -0.39 is 10.0 Å². The Morgan fingerprint density at radius 3 is 2.37 bits per heavy atom. The molecule has 0 saturated heterocycles. The molecule has 1 amide bonds. The van der Waals surface area contributed by atoms with Gasteiger partial charge in [0, 0.05) is 17.3 Å². The van der Waals surface area contributed by atoms with E-state index in [9.17, 15) is 13.2 Å². The highest BCUT2D eigenvalue weighted by Gasteiger charge is 2.19. The Balaban J connectivity index is 2.32. The number of anilines is 1. The van der Waals surface area contributed by atoms with E-state index in [1.165, 1.54) is 12.1 Å². The van der Waals surface area contributed by atoms with Gasteiger partial charge in [-0.3, -0.25) is 4.79 Å². The van der Waals surface area contributed by atoms with Crippen molar-refractivity contribution in [2.75, 3.05) is 5.32 Å². The third-order valence-electron chi connectivity index (χ3n) is 4.54. The number of carbonyl (C=O) groups excluding carboxylic acids is 1. The second kappa shape index (κ2) is 8.67. The molecule has 1 atom stereocenters. The van der Waals surface area contributed by atoms with E-state index in [0.717, 1.165) is 16.8 Å². The molecule has 2 aromatic rings. The number of hydrogen-bond donors (Lipinski definition) is 2. The predicted octanol–water partition coefficient (Wildman–Crippen LogP) is 4.45. The van der Waals surface area contributed by atoms with Crippen molar-refractivity contribution in [3.05, 3.63) is 59.2 Å². The number of benzene rings is 2. The van der Waals surface area contributed by atoms with Crippen molar-refractivity contribution in [2.45, 2.75) is 57.9 Å². The highest BCUT2D eigenvalue weighted by atomic mass is 32.2. The van der Waals surface area contributed by atoms with Crippen molar-refractivity contribution in [1.82, 2.24) is 4.72 Å². The molecule has 5 nitrogen and oxygen atoms in total. The Morgan fingerprint density at radius 1 is 1.07 bits per heavy atom. The normalized spacial score (nSPS) is 12.8. The number of aryl methyl sites for hydroxylation is 1. The first-order chi connectivity index (χ1) is 12.7. The maximum Gasteiger partial charge on any atom is 0.255 e. The van der Waals surface area contributed by atoms with Crippen LogP contribution in [0.3, 0.4) is 0 Å². The summed E-state index contributed by atoms with van der Waals surface area (Å²) in [4.78, 5) is 12.9. The zero-order chi connectivity index (χ0) is 20.2. The summed E-state index contributed by atoms with van der Waals surface area (Å²) in [5.74, 6) is -0.0709. The zero-order valence-electron chi connectivity index (χ0n) is 16.5. The van der Waals surface area contributed by atoms with Gasteiger partial charge in [0.1, 0.15) is 0 Å². The van der Waals surface area contributed by atoms with Gasteiger partial charge in [0.25, 0.3) is 5.91 Å². The average molecular weight is 389 g/mol. The number of carbonyl (C=O) groups is 1. The first-order valence-electron chi connectivity index (χ1n) is 9.19. The van der Waals surface area contributed by atoms with Crippen molar-refractivity contribution < 1.29 is 13.2 Å². The average Bonchev–Trinajstić information content (AvgIpc) is 2.62. The molecule has 0 heterocycles. The van der Waals surface area contributed by atoms with Crippen LogP contribution in [-0.4, -0.2) is 20.4 Å². The maximum atomic E-state index is 12.8. The number of hydrogen-bond acceptors (Lipinski definition) is 3. The minimum absolute atomic E-state index is 0.0873. The fourth-order valence-electron chi connectivity index (χ4n) is 2.75. The van der Waals surface area contributed by atoms with Gasteiger partial charge in [-0.25, -0.2) is 13.1 Å². The molecule has 0 aliphatic heterocycles. The van der Waals surface area contributed by atoms with E-state index >= 15 is 0 Å². The van der Waals surface area contributed by atoms with E-state index in [1.807, 2.05) is 32.0 Å². The minimum atomic E-state index is -3.66. The largest absolute Gasteiger partial charge is 0.321 e. The molecule has 1 unspecified atom stereocenters. The van der Waals surface area contributed by atoms with Crippen LogP contribution in [0, 0.1) is 6.92 Å². The lowest BCUT2D eigenvalue weighted by atomic mass is 9.98. The number of amides is 1. The van der Waals surface area contributed by atoms with E-state index in [0.29, 0.717) is 12.0 Å². The van der Waals surface area contributed by atoms with Crippen LogP contribution in [-0.2, 0) is 10.0 Å². The highest BCUT2D eigenvalue weighted by Crippen LogP contribution is 2.28. The van der Waals surface area contributed by atoms with Crippen molar-refractivity contribution in [3.8, 4) is 0 Å². The van der Waals surface area contributed by atoms with Gasteiger partial charge in [-0.05, 0) is 55.5 Å². The summed E-state index contributed by atoms with van der Waals surface area (Å²) in [5, 5.41) is 2.95. The molecule has 27 heavy (non-hydrogen) atoms.